The molecule has 0 unspecified atom stereocenters. The lowest BCUT2D eigenvalue weighted by molar-refractivity contribution is 0.0696. The largest absolute Gasteiger partial charge is 0.478 e. The van der Waals surface area contributed by atoms with E-state index in [0.29, 0.717) is 24.7 Å². The number of piperidine rings is 1. The maximum absolute atomic E-state index is 11.5. The van der Waals surface area contributed by atoms with Crippen LogP contribution in [0.3, 0.4) is 0 Å². The first kappa shape index (κ1) is 18.2. The average Bonchev–Trinajstić information content (AvgIpc) is 2.48. The lowest BCUT2D eigenvalue weighted by atomic mass is 10.0. The summed E-state index contributed by atoms with van der Waals surface area (Å²) in [5, 5.41) is 9.61. The van der Waals surface area contributed by atoms with Gasteiger partial charge in [0.25, 0.3) is 0 Å². The highest BCUT2D eigenvalue weighted by Gasteiger charge is 2.27. The summed E-state index contributed by atoms with van der Waals surface area (Å²) < 4.78 is 24.6. The van der Waals surface area contributed by atoms with Crippen LogP contribution in [0.2, 0.25) is 5.02 Å². The summed E-state index contributed by atoms with van der Waals surface area (Å²) in [5.74, 6) is -0.980. The van der Waals surface area contributed by atoms with Crippen LogP contribution in [0.5, 0.6) is 0 Å². The summed E-state index contributed by atoms with van der Waals surface area (Å²) in [6.07, 6.45) is 2.73. The van der Waals surface area contributed by atoms with Crippen molar-refractivity contribution in [3.05, 3.63) is 34.3 Å². The predicted octanol–water partition coefficient (Wildman–Crippen LogP) is 1.89. The molecule has 1 N–H and O–H groups in total. The molecule has 8 heteroatoms. The van der Waals surface area contributed by atoms with Gasteiger partial charge in [-0.2, -0.15) is 0 Å². The number of hydrogen-bond acceptors (Lipinski definition) is 4. The number of aromatic carboxylic acids is 1. The Morgan fingerprint density at radius 3 is 2.52 bits per heavy atom. The Morgan fingerprint density at radius 1 is 1.39 bits per heavy atom. The third-order valence-corrected chi connectivity index (χ3v) is 5.90. The molecule has 6 nitrogen and oxygen atoms in total. The van der Waals surface area contributed by atoms with Crippen molar-refractivity contribution in [2.45, 2.75) is 25.4 Å². The summed E-state index contributed by atoms with van der Waals surface area (Å²) in [5.41, 5.74) is 0.976. The smallest absolute Gasteiger partial charge is 0.335 e. The molecule has 0 radical (unpaired) electrons. The fraction of sp³-hybridized carbons (Fsp3) is 0.533. The van der Waals surface area contributed by atoms with Crippen LogP contribution >= 0.6 is 11.6 Å². The Labute approximate surface area is 141 Å². The van der Waals surface area contributed by atoms with Crippen LogP contribution in [0.15, 0.2) is 18.2 Å². The zero-order valence-corrected chi connectivity index (χ0v) is 14.8. The van der Waals surface area contributed by atoms with Crippen molar-refractivity contribution in [2.24, 2.45) is 0 Å². The molecule has 0 atom stereocenters. The van der Waals surface area contributed by atoms with Crippen LogP contribution in [0, 0.1) is 0 Å². The van der Waals surface area contributed by atoms with E-state index in [1.54, 1.807) is 12.1 Å². The van der Waals surface area contributed by atoms with Crippen LogP contribution < -0.4 is 0 Å². The minimum Gasteiger partial charge on any atom is -0.478 e. The minimum absolute atomic E-state index is 0.213. The normalized spacial score (nSPS) is 17.6. The van der Waals surface area contributed by atoms with Crippen molar-refractivity contribution >= 4 is 27.6 Å². The van der Waals surface area contributed by atoms with Crippen molar-refractivity contribution < 1.29 is 18.3 Å². The van der Waals surface area contributed by atoms with Gasteiger partial charge in [0.2, 0.25) is 10.0 Å². The maximum Gasteiger partial charge on any atom is 0.335 e. The van der Waals surface area contributed by atoms with Crippen molar-refractivity contribution in [3.63, 3.8) is 0 Å². The summed E-state index contributed by atoms with van der Waals surface area (Å²) in [4.78, 5) is 13.2. The number of hydrogen-bond donors (Lipinski definition) is 1. The van der Waals surface area contributed by atoms with Crippen LogP contribution in [-0.2, 0) is 16.6 Å². The zero-order chi connectivity index (χ0) is 17.2. The number of benzene rings is 1. The fourth-order valence-corrected chi connectivity index (χ4v) is 3.89. The van der Waals surface area contributed by atoms with Gasteiger partial charge in [-0.05, 0) is 43.7 Å². The van der Waals surface area contributed by atoms with Gasteiger partial charge in [0.05, 0.1) is 11.8 Å². The van der Waals surface area contributed by atoms with Gasteiger partial charge in [-0.25, -0.2) is 17.5 Å². The first-order valence-corrected chi connectivity index (χ1v) is 9.58. The van der Waals surface area contributed by atoms with E-state index in [0.717, 1.165) is 18.4 Å². The summed E-state index contributed by atoms with van der Waals surface area (Å²) in [6, 6.07) is 4.92. The summed E-state index contributed by atoms with van der Waals surface area (Å²) in [7, 11) is -1.18. The molecular weight excluding hydrogens is 340 g/mol. The van der Waals surface area contributed by atoms with Gasteiger partial charge >= 0.3 is 5.97 Å². The SMILES string of the molecule is CN(Cc1cc(C(=O)O)ccc1Cl)C1CCN(S(C)(=O)=O)CC1. The fourth-order valence-electron chi connectivity index (χ4n) is 2.84. The molecule has 1 saturated heterocycles. The van der Waals surface area contributed by atoms with Gasteiger partial charge in [0.15, 0.2) is 0 Å². The van der Waals surface area contributed by atoms with Gasteiger partial charge in [0.1, 0.15) is 0 Å². The van der Waals surface area contributed by atoms with E-state index in [1.807, 2.05) is 7.05 Å². The van der Waals surface area contributed by atoms with Crippen molar-refractivity contribution in [1.29, 1.82) is 0 Å². The third-order valence-electron chi connectivity index (χ3n) is 4.23. The highest BCUT2D eigenvalue weighted by Crippen LogP contribution is 2.23. The Kier molecular flexibility index (Phi) is 5.67. The predicted molar refractivity (Wildman–Crippen MR) is 89.3 cm³/mol. The third kappa shape index (κ3) is 4.67. The van der Waals surface area contributed by atoms with Crippen molar-refractivity contribution in [2.75, 3.05) is 26.4 Å². The molecule has 1 aliphatic rings. The number of halogens is 1. The molecule has 1 aromatic carbocycles. The second-order valence-corrected chi connectivity index (χ2v) is 8.31. The monoisotopic (exact) mass is 360 g/mol. The molecule has 128 valence electrons. The van der Waals surface area contributed by atoms with E-state index in [2.05, 4.69) is 4.90 Å². The molecule has 0 spiro atoms. The van der Waals surface area contributed by atoms with Gasteiger partial charge in [0, 0.05) is 30.7 Å². The Balaban J connectivity index is 2.02. The molecule has 0 amide bonds. The molecule has 1 aromatic rings. The lowest BCUT2D eigenvalue weighted by Gasteiger charge is -2.35. The quantitative estimate of drug-likeness (QED) is 0.867. The van der Waals surface area contributed by atoms with E-state index >= 15 is 0 Å². The average molecular weight is 361 g/mol. The van der Waals surface area contributed by atoms with E-state index in [4.69, 9.17) is 16.7 Å². The van der Waals surface area contributed by atoms with Crippen molar-refractivity contribution in [3.8, 4) is 0 Å². The van der Waals surface area contributed by atoms with Gasteiger partial charge in [-0.3, -0.25) is 4.90 Å². The first-order chi connectivity index (χ1) is 10.7. The first-order valence-electron chi connectivity index (χ1n) is 7.35. The van der Waals surface area contributed by atoms with Crippen LogP contribution in [0.4, 0.5) is 0 Å². The topological polar surface area (TPSA) is 77.9 Å². The maximum atomic E-state index is 11.5. The highest BCUT2D eigenvalue weighted by molar-refractivity contribution is 7.88. The summed E-state index contributed by atoms with van der Waals surface area (Å²) in [6.45, 7) is 1.55. The second-order valence-electron chi connectivity index (χ2n) is 5.92. The Hall–Kier alpha value is -1.15. The van der Waals surface area contributed by atoms with E-state index < -0.39 is 16.0 Å². The molecule has 0 aliphatic carbocycles. The molecule has 0 bridgehead atoms. The number of carboxylic acid groups (broad SMARTS) is 1. The van der Waals surface area contributed by atoms with Crippen LogP contribution in [-0.4, -0.2) is 61.1 Å². The molecule has 2 rings (SSSR count). The summed E-state index contributed by atoms with van der Waals surface area (Å²) >= 11 is 6.16. The van der Waals surface area contributed by atoms with Crippen molar-refractivity contribution in [1.82, 2.24) is 9.21 Å². The van der Waals surface area contributed by atoms with E-state index in [9.17, 15) is 13.2 Å². The highest BCUT2D eigenvalue weighted by atomic mass is 35.5. The standard InChI is InChI=1S/C15H21ClN2O4S/c1-17(13-5-7-18(8-6-13)23(2,21)22)10-12-9-11(15(19)20)3-4-14(12)16/h3-4,9,13H,5-8,10H2,1-2H3,(H,19,20). The van der Waals surface area contributed by atoms with Crippen LogP contribution in [0.25, 0.3) is 0 Å². The molecule has 1 heterocycles. The van der Waals surface area contributed by atoms with E-state index in [1.165, 1.54) is 16.6 Å². The molecule has 23 heavy (non-hydrogen) atoms. The number of rotatable bonds is 5. The number of sulfonamides is 1. The van der Waals surface area contributed by atoms with E-state index in [-0.39, 0.29) is 11.6 Å². The number of carbonyl (C=O) groups is 1. The van der Waals surface area contributed by atoms with Gasteiger partial charge in [-0.15, -0.1) is 0 Å². The molecule has 1 fully saturated rings. The Bertz CT molecular complexity index is 685. The number of carboxylic acids is 1. The zero-order valence-electron chi connectivity index (χ0n) is 13.2. The number of nitrogens with zero attached hydrogens (tertiary/aromatic N) is 2. The minimum atomic E-state index is -3.13. The molecule has 0 aromatic heterocycles. The van der Waals surface area contributed by atoms with Gasteiger partial charge < -0.3 is 5.11 Å². The molecule has 0 saturated carbocycles. The van der Waals surface area contributed by atoms with Crippen LogP contribution in [0.1, 0.15) is 28.8 Å². The second kappa shape index (κ2) is 7.17. The van der Waals surface area contributed by atoms with Gasteiger partial charge in [-0.1, -0.05) is 11.6 Å². The molecular formula is C15H21ClN2O4S. The lowest BCUT2D eigenvalue weighted by Crippen LogP contribution is -2.44. The molecule has 1 aliphatic heterocycles. The Morgan fingerprint density at radius 2 is 2.00 bits per heavy atom.